The lowest BCUT2D eigenvalue weighted by molar-refractivity contribution is -0.120. The molecular formula is C19H23N3O2. The van der Waals surface area contributed by atoms with Crippen molar-refractivity contribution in [1.29, 1.82) is 0 Å². The SMILES string of the molecule is Cc1cc(N2CCC3(CC2)CNC(=O)CCO3)c2ccccc2n1. The van der Waals surface area contributed by atoms with E-state index < -0.39 is 0 Å². The van der Waals surface area contributed by atoms with Crippen molar-refractivity contribution in [2.24, 2.45) is 0 Å². The number of carbonyl (C=O) groups excluding carboxylic acids is 1. The number of rotatable bonds is 1. The Morgan fingerprint density at radius 3 is 2.88 bits per heavy atom. The van der Waals surface area contributed by atoms with Crippen LogP contribution in [0.3, 0.4) is 0 Å². The molecule has 1 N–H and O–H groups in total. The van der Waals surface area contributed by atoms with Crippen LogP contribution in [0.15, 0.2) is 30.3 Å². The number of piperidine rings is 1. The van der Waals surface area contributed by atoms with Crippen molar-refractivity contribution in [2.45, 2.75) is 31.8 Å². The number of aryl methyl sites for hydroxylation is 1. The lowest BCUT2D eigenvalue weighted by Gasteiger charge is -2.42. The third kappa shape index (κ3) is 2.84. The highest BCUT2D eigenvalue weighted by atomic mass is 16.5. The van der Waals surface area contributed by atoms with E-state index in [2.05, 4.69) is 39.5 Å². The fraction of sp³-hybridized carbons (Fsp3) is 0.474. The Morgan fingerprint density at radius 2 is 2.04 bits per heavy atom. The van der Waals surface area contributed by atoms with E-state index in [4.69, 9.17) is 4.74 Å². The first-order valence-corrected chi connectivity index (χ1v) is 8.67. The minimum Gasteiger partial charge on any atom is -0.372 e. The van der Waals surface area contributed by atoms with Crippen LogP contribution in [0.1, 0.15) is 25.0 Å². The van der Waals surface area contributed by atoms with Crippen LogP contribution >= 0.6 is 0 Å². The number of ether oxygens (including phenoxy) is 1. The van der Waals surface area contributed by atoms with Crippen LogP contribution < -0.4 is 10.2 Å². The summed E-state index contributed by atoms with van der Waals surface area (Å²) >= 11 is 0. The Bertz CT molecular complexity index is 766. The zero-order chi connectivity index (χ0) is 16.6. The molecule has 0 atom stereocenters. The van der Waals surface area contributed by atoms with Crippen molar-refractivity contribution in [3.8, 4) is 0 Å². The maximum absolute atomic E-state index is 11.6. The van der Waals surface area contributed by atoms with Crippen LogP contribution in [0.2, 0.25) is 0 Å². The standard InChI is InChI=1S/C19H23N3O2/c1-14-12-17(15-4-2-3-5-16(15)21-14)22-9-7-19(8-10-22)13-20-18(23)6-11-24-19/h2-5,12H,6-11,13H2,1H3,(H,20,23). The Hall–Kier alpha value is -2.14. The van der Waals surface area contributed by atoms with Gasteiger partial charge in [0.25, 0.3) is 0 Å². The molecule has 4 rings (SSSR count). The summed E-state index contributed by atoms with van der Waals surface area (Å²) < 4.78 is 6.07. The molecule has 3 heterocycles. The second kappa shape index (κ2) is 6.06. The van der Waals surface area contributed by atoms with Gasteiger partial charge in [-0.15, -0.1) is 0 Å². The van der Waals surface area contributed by atoms with Crippen LogP contribution in [0.5, 0.6) is 0 Å². The number of aromatic nitrogens is 1. The second-order valence-corrected chi connectivity index (χ2v) is 6.85. The average Bonchev–Trinajstić information content (AvgIpc) is 2.77. The molecular weight excluding hydrogens is 302 g/mol. The van der Waals surface area contributed by atoms with E-state index in [0.29, 0.717) is 19.6 Å². The molecule has 2 aliphatic rings. The molecule has 5 nitrogen and oxygen atoms in total. The Kier molecular flexibility index (Phi) is 3.88. The first-order chi connectivity index (χ1) is 11.7. The lowest BCUT2D eigenvalue weighted by atomic mass is 9.90. The minimum absolute atomic E-state index is 0.102. The molecule has 1 aromatic heterocycles. The molecule has 1 amide bonds. The second-order valence-electron chi connectivity index (χ2n) is 6.85. The number of pyridine rings is 1. The summed E-state index contributed by atoms with van der Waals surface area (Å²) in [6, 6.07) is 10.5. The van der Waals surface area contributed by atoms with Crippen LogP contribution in [-0.4, -0.2) is 42.7 Å². The van der Waals surface area contributed by atoms with Gasteiger partial charge in [-0.25, -0.2) is 0 Å². The fourth-order valence-corrected chi connectivity index (χ4v) is 3.78. The fourth-order valence-electron chi connectivity index (χ4n) is 3.78. The molecule has 1 aromatic carbocycles. The van der Waals surface area contributed by atoms with E-state index in [9.17, 15) is 4.79 Å². The van der Waals surface area contributed by atoms with Gasteiger partial charge in [-0.3, -0.25) is 9.78 Å². The van der Waals surface area contributed by atoms with E-state index in [1.165, 1.54) is 11.1 Å². The molecule has 0 radical (unpaired) electrons. The minimum atomic E-state index is -0.194. The van der Waals surface area contributed by atoms with Gasteiger partial charge in [0.05, 0.1) is 17.7 Å². The Labute approximate surface area is 142 Å². The van der Waals surface area contributed by atoms with E-state index in [0.717, 1.165) is 37.1 Å². The highest BCUT2D eigenvalue weighted by Gasteiger charge is 2.37. The molecule has 24 heavy (non-hydrogen) atoms. The highest BCUT2D eigenvalue weighted by molar-refractivity contribution is 5.92. The third-order valence-electron chi connectivity index (χ3n) is 5.18. The van der Waals surface area contributed by atoms with Crippen molar-refractivity contribution < 1.29 is 9.53 Å². The molecule has 0 aliphatic carbocycles. The number of anilines is 1. The first-order valence-electron chi connectivity index (χ1n) is 8.67. The molecule has 1 spiro atoms. The van der Waals surface area contributed by atoms with Crippen LogP contribution in [0.25, 0.3) is 10.9 Å². The molecule has 126 valence electrons. The number of carbonyl (C=O) groups is 1. The quantitative estimate of drug-likeness (QED) is 0.875. The lowest BCUT2D eigenvalue weighted by Crippen LogP contribution is -2.51. The van der Waals surface area contributed by atoms with E-state index in [1.807, 2.05) is 13.0 Å². The predicted octanol–water partition coefficient (Wildman–Crippen LogP) is 2.42. The van der Waals surface area contributed by atoms with Crippen molar-refractivity contribution >= 4 is 22.5 Å². The molecule has 2 fully saturated rings. The first kappa shape index (κ1) is 15.4. The van der Waals surface area contributed by atoms with Crippen molar-refractivity contribution in [2.75, 3.05) is 31.1 Å². The molecule has 0 unspecified atom stereocenters. The number of hydrogen-bond donors (Lipinski definition) is 1. The molecule has 2 aromatic rings. The van der Waals surface area contributed by atoms with Crippen molar-refractivity contribution in [3.63, 3.8) is 0 Å². The summed E-state index contributed by atoms with van der Waals surface area (Å²) in [5.74, 6) is 0.102. The number of nitrogens with one attached hydrogen (secondary N) is 1. The maximum Gasteiger partial charge on any atom is 0.222 e. The molecule has 5 heteroatoms. The maximum atomic E-state index is 11.6. The summed E-state index contributed by atoms with van der Waals surface area (Å²) in [4.78, 5) is 18.6. The van der Waals surface area contributed by atoms with Gasteiger partial charge in [-0.05, 0) is 31.9 Å². The van der Waals surface area contributed by atoms with Gasteiger partial charge < -0.3 is 15.0 Å². The predicted molar refractivity (Wildman–Crippen MR) is 94.2 cm³/mol. The summed E-state index contributed by atoms with van der Waals surface area (Å²) in [7, 11) is 0. The van der Waals surface area contributed by atoms with Gasteiger partial charge >= 0.3 is 0 Å². The van der Waals surface area contributed by atoms with Gasteiger partial charge in [0, 0.05) is 42.8 Å². The number of hydrogen-bond acceptors (Lipinski definition) is 4. The third-order valence-corrected chi connectivity index (χ3v) is 5.18. The Balaban J connectivity index is 1.57. The number of amides is 1. The van der Waals surface area contributed by atoms with Gasteiger partial charge in [-0.2, -0.15) is 0 Å². The monoisotopic (exact) mass is 325 g/mol. The van der Waals surface area contributed by atoms with E-state index in [-0.39, 0.29) is 11.5 Å². The summed E-state index contributed by atoms with van der Waals surface area (Å²) in [6.07, 6.45) is 2.34. The molecule has 2 saturated heterocycles. The summed E-state index contributed by atoms with van der Waals surface area (Å²) in [6.45, 7) is 5.08. The molecule has 2 aliphatic heterocycles. The summed E-state index contributed by atoms with van der Waals surface area (Å²) in [5, 5.41) is 4.21. The number of fused-ring (bicyclic) bond motifs is 1. The van der Waals surface area contributed by atoms with Crippen LogP contribution in [0.4, 0.5) is 5.69 Å². The number of para-hydroxylation sites is 1. The highest BCUT2D eigenvalue weighted by Crippen LogP contribution is 2.33. The number of benzene rings is 1. The zero-order valence-electron chi connectivity index (χ0n) is 14.0. The van der Waals surface area contributed by atoms with Gasteiger partial charge in [0.15, 0.2) is 0 Å². The topological polar surface area (TPSA) is 54.5 Å². The van der Waals surface area contributed by atoms with E-state index >= 15 is 0 Å². The number of nitrogens with zero attached hydrogens (tertiary/aromatic N) is 2. The van der Waals surface area contributed by atoms with Gasteiger partial charge in [0.1, 0.15) is 0 Å². The van der Waals surface area contributed by atoms with Crippen molar-refractivity contribution in [3.05, 3.63) is 36.0 Å². The smallest absolute Gasteiger partial charge is 0.222 e. The zero-order valence-corrected chi connectivity index (χ0v) is 14.0. The van der Waals surface area contributed by atoms with Gasteiger partial charge in [0.2, 0.25) is 5.91 Å². The molecule has 0 saturated carbocycles. The van der Waals surface area contributed by atoms with Crippen LogP contribution in [0, 0.1) is 6.92 Å². The Morgan fingerprint density at radius 1 is 1.25 bits per heavy atom. The summed E-state index contributed by atoms with van der Waals surface area (Å²) in [5.41, 5.74) is 3.15. The van der Waals surface area contributed by atoms with Crippen molar-refractivity contribution in [1.82, 2.24) is 10.3 Å². The van der Waals surface area contributed by atoms with Crippen LogP contribution in [-0.2, 0) is 9.53 Å². The molecule has 0 bridgehead atoms. The van der Waals surface area contributed by atoms with E-state index in [1.54, 1.807) is 0 Å². The normalized spacial score (nSPS) is 20.9. The van der Waals surface area contributed by atoms with Gasteiger partial charge in [-0.1, -0.05) is 18.2 Å². The average molecular weight is 325 g/mol. The largest absolute Gasteiger partial charge is 0.372 e.